The fourth-order valence-corrected chi connectivity index (χ4v) is 4.12. The number of hydrogen-bond acceptors (Lipinski definition) is 3. The minimum Gasteiger partial charge on any atom is -0.338 e. The molecule has 5 nitrogen and oxygen atoms in total. The van der Waals surface area contributed by atoms with Crippen LogP contribution in [0.15, 0.2) is 47.4 Å². The lowest BCUT2D eigenvalue weighted by molar-refractivity contribution is -0.129. The SMILES string of the molecule is CC(=O)N1CCc2ccc(S(=O)(=O)NCCc3ccc(F)cc3)cc2C1. The van der Waals surface area contributed by atoms with Crippen LogP contribution in [0, 0.1) is 5.82 Å². The van der Waals surface area contributed by atoms with Gasteiger partial charge < -0.3 is 4.90 Å². The Morgan fingerprint density at radius 2 is 1.88 bits per heavy atom. The van der Waals surface area contributed by atoms with Crippen molar-refractivity contribution in [1.29, 1.82) is 0 Å². The van der Waals surface area contributed by atoms with Crippen LogP contribution in [-0.2, 0) is 34.2 Å². The van der Waals surface area contributed by atoms with Gasteiger partial charge in [0.15, 0.2) is 0 Å². The fourth-order valence-electron chi connectivity index (χ4n) is 3.03. The van der Waals surface area contributed by atoms with Crippen LogP contribution in [0.2, 0.25) is 0 Å². The molecule has 138 valence electrons. The van der Waals surface area contributed by atoms with Gasteiger partial charge in [-0.15, -0.1) is 0 Å². The first-order chi connectivity index (χ1) is 12.3. The highest BCUT2D eigenvalue weighted by Crippen LogP contribution is 2.22. The molecule has 26 heavy (non-hydrogen) atoms. The van der Waals surface area contributed by atoms with Gasteiger partial charge in [0.2, 0.25) is 15.9 Å². The third-order valence-electron chi connectivity index (χ3n) is 4.56. The Kier molecular flexibility index (Phi) is 5.38. The van der Waals surface area contributed by atoms with E-state index in [2.05, 4.69) is 4.72 Å². The van der Waals surface area contributed by atoms with E-state index in [-0.39, 0.29) is 23.2 Å². The first kappa shape index (κ1) is 18.5. The number of rotatable bonds is 5. The van der Waals surface area contributed by atoms with E-state index in [0.717, 1.165) is 23.1 Å². The average Bonchev–Trinajstić information content (AvgIpc) is 2.62. The van der Waals surface area contributed by atoms with Gasteiger partial charge in [0, 0.05) is 26.6 Å². The van der Waals surface area contributed by atoms with Crippen molar-refractivity contribution in [2.24, 2.45) is 0 Å². The summed E-state index contributed by atoms with van der Waals surface area (Å²) >= 11 is 0. The van der Waals surface area contributed by atoms with E-state index >= 15 is 0 Å². The van der Waals surface area contributed by atoms with E-state index in [1.807, 2.05) is 6.07 Å². The van der Waals surface area contributed by atoms with Crippen LogP contribution in [0.25, 0.3) is 0 Å². The van der Waals surface area contributed by atoms with E-state index in [1.54, 1.807) is 29.2 Å². The second kappa shape index (κ2) is 7.55. The van der Waals surface area contributed by atoms with E-state index in [4.69, 9.17) is 0 Å². The maximum Gasteiger partial charge on any atom is 0.240 e. The molecule has 1 aliphatic rings. The molecule has 0 spiro atoms. The second-order valence-electron chi connectivity index (χ2n) is 6.40. The summed E-state index contributed by atoms with van der Waals surface area (Å²) in [7, 11) is -3.64. The van der Waals surface area contributed by atoms with Crippen LogP contribution >= 0.6 is 0 Å². The highest BCUT2D eigenvalue weighted by atomic mass is 32.2. The topological polar surface area (TPSA) is 66.5 Å². The first-order valence-corrected chi connectivity index (χ1v) is 9.95. The molecule has 7 heteroatoms. The fraction of sp³-hybridized carbons (Fsp3) is 0.316. The zero-order valence-corrected chi connectivity index (χ0v) is 15.4. The van der Waals surface area contributed by atoms with E-state index < -0.39 is 10.0 Å². The third kappa shape index (κ3) is 4.28. The number of carbonyl (C=O) groups excluding carboxylic acids is 1. The molecule has 3 rings (SSSR count). The van der Waals surface area contributed by atoms with Crippen molar-refractivity contribution < 1.29 is 17.6 Å². The summed E-state index contributed by atoms with van der Waals surface area (Å²) in [5, 5.41) is 0. The summed E-state index contributed by atoms with van der Waals surface area (Å²) in [6.07, 6.45) is 1.20. The maximum atomic E-state index is 12.9. The summed E-state index contributed by atoms with van der Waals surface area (Å²) in [5.74, 6) is -0.329. The summed E-state index contributed by atoms with van der Waals surface area (Å²) in [6, 6.07) is 11.1. The largest absolute Gasteiger partial charge is 0.338 e. The normalized spacial score (nSPS) is 14.2. The van der Waals surface area contributed by atoms with Crippen LogP contribution in [0.5, 0.6) is 0 Å². The summed E-state index contributed by atoms with van der Waals surface area (Å²) in [5.41, 5.74) is 2.80. The molecule has 1 heterocycles. The van der Waals surface area contributed by atoms with Crippen molar-refractivity contribution in [3.63, 3.8) is 0 Å². The molecule has 1 aliphatic heterocycles. The Bertz CT molecular complexity index is 911. The summed E-state index contributed by atoms with van der Waals surface area (Å²) in [4.78, 5) is 13.5. The number of halogens is 1. The highest BCUT2D eigenvalue weighted by Gasteiger charge is 2.21. The third-order valence-corrected chi connectivity index (χ3v) is 6.02. The minimum absolute atomic E-state index is 0.0127. The van der Waals surface area contributed by atoms with Crippen LogP contribution in [0.4, 0.5) is 4.39 Å². The van der Waals surface area contributed by atoms with Gasteiger partial charge in [-0.05, 0) is 53.8 Å². The molecule has 0 saturated heterocycles. The van der Waals surface area contributed by atoms with Gasteiger partial charge >= 0.3 is 0 Å². The molecular weight excluding hydrogens is 355 g/mol. The zero-order valence-electron chi connectivity index (χ0n) is 14.5. The smallest absolute Gasteiger partial charge is 0.240 e. The Hall–Kier alpha value is -2.25. The number of sulfonamides is 1. The maximum absolute atomic E-state index is 12.9. The van der Waals surface area contributed by atoms with Gasteiger partial charge in [0.05, 0.1) is 4.90 Å². The van der Waals surface area contributed by atoms with Crippen LogP contribution in [0.1, 0.15) is 23.6 Å². The predicted octanol–water partition coefficient (Wildman–Crippen LogP) is 2.25. The molecule has 1 amide bonds. The summed E-state index contributed by atoms with van der Waals surface area (Å²) < 4.78 is 40.5. The highest BCUT2D eigenvalue weighted by molar-refractivity contribution is 7.89. The van der Waals surface area contributed by atoms with Gasteiger partial charge in [-0.2, -0.15) is 0 Å². The van der Waals surface area contributed by atoms with Gasteiger partial charge in [0.1, 0.15) is 5.82 Å². The number of nitrogens with zero attached hydrogens (tertiary/aromatic N) is 1. The van der Waals surface area contributed by atoms with E-state index in [1.165, 1.54) is 19.1 Å². The lowest BCUT2D eigenvalue weighted by Gasteiger charge is -2.28. The van der Waals surface area contributed by atoms with Crippen molar-refractivity contribution in [1.82, 2.24) is 9.62 Å². The molecular formula is C19H21FN2O3S. The molecule has 0 unspecified atom stereocenters. The molecule has 0 fully saturated rings. The lowest BCUT2D eigenvalue weighted by Crippen LogP contribution is -2.34. The van der Waals surface area contributed by atoms with Crippen molar-refractivity contribution in [3.8, 4) is 0 Å². The number of benzene rings is 2. The van der Waals surface area contributed by atoms with Crippen molar-refractivity contribution in [2.45, 2.75) is 31.2 Å². The Morgan fingerprint density at radius 1 is 1.15 bits per heavy atom. The number of carbonyl (C=O) groups is 1. The molecule has 1 N–H and O–H groups in total. The Labute approximate surface area is 152 Å². The molecule has 0 atom stereocenters. The van der Waals surface area contributed by atoms with Gasteiger partial charge in [-0.25, -0.2) is 17.5 Å². The predicted molar refractivity (Wildman–Crippen MR) is 96.5 cm³/mol. The molecule has 0 aromatic heterocycles. The minimum atomic E-state index is -3.64. The monoisotopic (exact) mass is 376 g/mol. The molecule has 0 saturated carbocycles. The quantitative estimate of drug-likeness (QED) is 0.870. The number of amides is 1. The van der Waals surface area contributed by atoms with Gasteiger partial charge in [0.25, 0.3) is 0 Å². The van der Waals surface area contributed by atoms with Crippen molar-refractivity contribution in [3.05, 3.63) is 65.0 Å². The molecule has 2 aromatic carbocycles. The van der Waals surface area contributed by atoms with E-state index in [0.29, 0.717) is 19.5 Å². The van der Waals surface area contributed by atoms with Gasteiger partial charge in [-0.1, -0.05) is 18.2 Å². The number of fused-ring (bicyclic) bond motifs is 1. The molecule has 2 aromatic rings. The van der Waals surface area contributed by atoms with Crippen LogP contribution in [-0.4, -0.2) is 32.3 Å². The molecule has 0 aliphatic carbocycles. The standard InChI is InChI=1S/C19H21FN2O3S/c1-14(23)22-11-9-16-4-7-19(12-17(16)13-22)26(24,25)21-10-8-15-2-5-18(20)6-3-15/h2-7,12,21H,8-11,13H2,1H3. The number of nitrogens with one attached hydrogen (secondary N) is 1. The number of hydrogen-bond donors (Lipinski definition) is 1. The van der Waals surface area contributed by atoms with Crippen molar-refractivity contribution >= 4 is 15.9 Å². The second-order valence-corrected chi connectivity index (χ2v) is 8.16. The Morgan fingerprint density at radius 3 is 2.58 bits per heavy atom. The first-order valence-electron chi connectivity index (χ1n) is 8.46. The lowest BCUT2D eigenvalue weighted by atomic mass is 10.00. The van der Waals surface area contributed by atoms with Gasteiger partial charge in [-0.3, -0.25) is 4.79 Å². The van der Waals surface area contributed by atoms with Crippen molar-refractivity contribution in [2.75, 3.05) is 13.1 Å². The molecule has 0 bridgehead atoms. The average molecular weight is 376 g/mol. The Balaban J connectivity index is 1.68. The van der Waals surface area contributed by atoms with E-state index in [9.17, 15) is 17.6 Å². The summed E-state index contributed by atoms with van der Waals surface area (Å²) in [6.45, 7) is 2.83. The zero-order chi connectivity index (χ0) is 18.7. The van der Waals surface area contributed by atoms with Crippen LogP contribution in [0.3, 0.4) is 0 Å². The van der Waals surface area contributed by atoms with Crippen LogP contribution < -0.4 is 4.72 Å². The molecule has 0 radical (unpaired) electrons.